The van der Waals surface area contributed by atoms with Gasteiger partial charge in [-0.05, 0) is 93.1 Å². The number of rotatable bonds is 20. The molecule has 3 aromatic carbocycles. The second-order valence-electron chi connectivity index (χ2n) is 21.8. The van der Waals surface area contributed by atoms with Crippen molar-refractivity contribution in [3.8, 4) is 21.6 Å². The number of nitrogens with one attached hydrogen (secondary N) is 5. The predicted molar refractivity (Wildman–Crippen MR) is 297 cm³/mol. The number of aromatic nitrogens is 2. The first-order valence-electron chi connectivity index (χ1n) is 26.7. The minimum Gasteiger partial charge on any atom is -0.391 e. The van der Waals surface area contributed by atoms with E-state index in [1.54, 1.807) is 29.0 Å². The maximum Gasteiger partial charge on any atom is 0.417 e. The minimum absolute atomic E-state index is 0.0261. The smallest absolute Gasteiger partial charge is 0.391 e. The number of aromatic amines is 1. The molecule has 2 aliphatic rings. The summed E-state index contributed by atoms with van der Waals surface area (Å²) in [6.07, 6.45) is -0.474. The van der Waals surface area contributed by atoms with Crippen LogP contribution in [0, 0.1) is 18.2 Å². The van der Waals surface area contributed by atoms with Gasteiger partial charge in [0.05, 0.1) is 44.7 Å². The molecular weight excluding hydrogens is 1040 g/mol. The number of likely N-dealkylation sites (tertiary alicyclic amines) is 1. The first-order chi connectivity index (χ1) is 37.4. The SMILES string of the molecule is Cc1ncsc1-c1ccc(CNC(=O)[C@@H]2C[C@@H](O)CN2C(=O)[C@@H](NC(=O)CCCCCCCCNC(=O)c2ccc(F)c(-c3ccc(N4C[C@@H](C)N(C)[C@@H](C)C4)c(NC(=O)c4c[nH]c(=O)cc4C(F)(F)F)c3)c2)C(C)(C)C)cc1. The number of aliphatic hydroxyl groups excluding tert-OH is 1. The monoisotopic (exact) mass is 1110 g/mol. The topological polar surface area (TPSA) is 209 Å². The number of aliphatic hydroxyl groups is 1. The normalized spacial score (nSPS) is 18.3. The number of thiazole rings is 1. The fraction of sp³-hybridized carbons (Fsp3) is 0.466. The molecule has 2 saturated heterocycles. The summed E-state index contributed by atoms with van der Waals surface area (Å²) in [6.45, 7) is 13.1. The number of nitrogens with zero attached hydrogens (tertiary/aromatic N) is 4. The number of carbonyl (C=O) groups excluding carboxylic acids is 5. The Bertz CT molecular complexity index is 3040. The van der Waals surface area contributed by atoms with Crippen molar-refractivity contribution in [2.24, 2.45) is 5.41 Å². The molecule has 2 fully saturated rings. The third-order valence-corrected chi connectivity index (χ3v) is 15.8. The van der Waals surface area contributed by atoms with E-state index in [0.717, 1.165) is 53.4 Å². The van der Waals surface area contributed by atoms with E-state index in [1.807, 2.05) is 77.8 Å². The van der Waals surface area contributed by atoms with Crippen LogP contribution in [0.3, 0.4) is 0 Å². The fourth-order valence-electron chi connectivity index (χ4n) is 10.1. The number of piperazine rings is 1. The number of amides is 5. The number of unbranched alkanes of at least 4 members (excludes halogenated alkanes) is 5. The Balaban J connectivity index is 0.872. The lowest BCUT2D eigenvalue weighted by atomic mass is 9.85. The molecular formula is C58H71F4N9O7S. The number of H-pyrrole nitrogens is 1. The van der Waals surface area contributed by atoms with Crippen molar-refractivity contribution >= 4 is 52.2 Å². The summed E-state index contributed by atoms with van der Waals surface area (Å²) in [4.78, 5) is 92.7. The average molecular weight is 1110 g/mol. The van der Waals surface area contributed by atoms with Crippen LogP contribution in [0.5, 0.6) is 0 Å². The number of hydrogen-bond donors (Lipinski definition) is 6. The first kappa shape index (κ1) is 59.7. The van der Waals surface area contributed by atoms with Crippen molar-refractivity contribution in [1.29, 1.82) is 0 Å². The van der Waals surface area contributed by atoms with Crippen molar-refractivity contribution in [2.75, 3.05) is 43.4 Å². The van der Waals surface area contributed by atoms with Gasteiger partial charge in [0.25, 0.3) is 11.8 Å². The molecule has 0 saturated carbocycles. The van der Waals surface area contributed by atoms with E-state index in [0.29, 0.717) is 50.4 Å². The Labute approximate surface area is 461 Å². The molecule has 4 heterocycles. The molecule has 424 valence electrons. The molecule has 0 bridgehead atoms. The van der Waals surface area contributed by atoms with Crippen LogP contribution in [0.4, 0.5) is 28.9 Å². The van der Waals surface area contributed by atoms with Crippen LogP contribution < -0.4 is 31.7 Å². The summed E-state index contributed by atoms with van der Waals surface area (Å²) in [5.41, 5.74) is 1.79. The molecule has 0 radical (unpaired) electrons. The number of pyridine rings is 1. The Hall–Kier alpha value is -6.97. The summed E-state index contributed by atoms with van der Waals surface area (Å²) in [5.74, 6) is -3.34. The highest BCUT2D eigenvalue weighted by molar-refractivity contribution is 7.13. The second-order valence-corrected chi connectivity index (χ2v) is 22.7. The molecule has 0 aliphatic carbocycles. The molecule has 5 atom stereocenters. The summed E-state index contributed by atoms with van der Waals surface area (Å²) >= 11 is 1.56. The lowest BCUT2D eigenvalue weighted by molar-refractivity contribution is -0.144. The lowest BCUT2D eigenvalue weighted by Crippen LogP contribution is -2.57. The van der Waals surface area contributed by atoms with Gasteiger partial charge < -0.3 is 41.2 Å². The molecule has 0 spiro atoms. The van der Waals surface area contributed by atoms with Gasteiger partial charge in [-0.15, -0.1) is 11.3 Å². The molecule has 5 amide bonds. The number of aryl methyl sites for hydroxylation is 1. The van der Waals surface area contributed by atoms with Gasteiger partial charge >= 0.3 is 6.18 Å². The van der Waals surface area contributed by atoms with Gasteiger partial charge in [-0.3, -0.25) is 33.7 Å². The van der Waals surface area contributed by atoms with Crippen LogP contribution in [-0.4, -0.2) is 118 Å². The lowest BCUT2D eigenvalue weighted by Gasteiger charge is -2.44. The number of alkyl halides is 3. The van der Waals surface area contributed by atoms with E-state index < -0.39 is 70.0 Å². The Kier molecular flexibility index (Phi) is 19.5. The third kappa shape index (κ3) is 15.2. The van der Waals surface area contributed by atoms with Crippen LogP contribution in [0.1, 0.15) is 124 Å². The van der Waals surface area contributed by atoms with Crippen LogP contribution in [-0.2, 0) is 27.1 Å². The van der Waals surface area contributed by atoms with Crippen LogP contribution in [0.15, 0.2) is 83.2 Å². The molecule has 5 aromatic rings. The van der Waals surface area contributed by atoms with Crippen molar-refractivity contribution < 1.29 is 46.6 Å². The maximum atomic E-state index is 15.6. The fourth-order valence-corrected chi connectivity index (χ4v) is 10.9. The molecule has 2 aromatic heterocycles. The van der Waals surface area contributed by atoms with Gasteiger partial charge in [0, 0.05) is 81.0 Å². The zero-order chi connectivity index (χ0) is 57.3. The zero-order valence-electron chi connectivity index (χ0n) is 45.7. The van der Waals surface area contributed by atoms with Gasteiger partial charge in [-0.1, -0.05) is 76.8 Å². The molecule has 79 heavy (non-hydrogen) atoms. The Morgan fingerprint density at radius 3 is 2.18 bits per heavy atom. The van der Waals surface area contributed by atoms with Gasteiger partial charge in [0.15, 0.2) is 0 Å². The van der Waals surface area contributed by atoms with Crippen LogP contribution >= 0.6 is 11.3 Å². The second kappa shape index (κ2) is 25.9. The summed E-state index contributed by atoms with van der Waals surface area (Å²) in [6, 6.07) is 15.1. The van der Waals surface area contributed by atoms with Crippen LogP contribution in [0.25, 0.3) is 21.6 Å². The van der Waals surface area contributed by atoms with Gasteiger partial charge in [-0.2, -0.15) is 13.2 Å². The zero-order valence-corrected chi connectivity index (χ0v) is 46.5. The minimum atomic E-state index is -5.00. The number of likely N-dealkylation sites (N-methyl/N-ethyl adjacent to an activating group) is 1. The van der Waals surface area contributed by atoms with E-state index in [-0.39, 0.29) is 72.2 Å². The molecule has 21 heteroatoms. The molecule has 6 N–H and O–H groups in total. The Morgan fingerprint density at radius 1 is 0.848 bits per heavy atom. The Morgan fingerprint density at radius 2 is 1.52 bits per heavy atom. The number of benzene rings is 3. The average Bonchev–Trinajstić information content (AvgIpc) is 4.08. The molecule has 2 aliphatic heterocycles. The first-order valence-corrected chi connectivity index (χ1v) is 27.6. The molecule has 16 nitrogen and oxygen atoms in total. The summed E-state index contributed by atoms with van der Waals surface area (Å²) < 4.78 is 57.6. The van der Waals surface area contributed by atoms with E-state index in [4.69, 9.17) is 0 Å². The highest BCUT2D eigenvalue weighted by Gasteiger charge is 2.44. The summed E-state index contributed by atoms with van der Waals surface area (Å²) in [7, 11) is 1.99. The number of β-amino-alcohol motifs (C(OH)–C–C–N with tert-alkyl or cyclic N) is 1. The van der Waals surface area contributed by atoms with Crippen molar-refractivity contribution in [3.63, 3.8) is 0 Å². The number of carbonyl (C=O) groups is 5. The molecule has 7 rings (SSSR count). The number of halogens is 4. The van der Waals surface area contributed by atoms with Gasteiger partial charge in [0.2, 0.25) is 23.3 Å². The van der Waals surface area contributed by atoms with Gasteiger partial charge in [-0.25, -0.2) is 9.37 Å². The predicted octanol–water partition coefficient (Wildman–Crippen LogP) is 8.68. The number of hydrogen-bond acceptors (Lipinski definition) is 11. The molecule has 0 unspecified atom stereocenters. The quantitative estimate of drug-likeness (QED) is 0.0323. The van der Waals surface area contributed by atoms with E-state index >= 15 is 4.39 Å². The number of anilines is 2. The largest absolute Gasteiger partial charge is 0.417 e. The highest BCUT2D eigenvalue weighted by Crippen LogP contribution is 2.37. The highest BCUT2D eigenvalue weighted by atomic mass is 32.1. The van der Waals surface area contributed by atoms with E-state index in [2.05, 4.69) is 36.1 Å². The van der Waals surface area contributed by atoms with Crippen molar-refractivity contribution in [2.45, 2.75) is 136 Å². The van der Waals surface area contributed by atoms with Crippen molar-refractivity contribution in [1.82, 2.24) is 35.7 Å². The standard InChI is InChI=1S/C58H71F4N9O7S/c1-34-30-70(31-35(2)69(34)7)47-22-20-39(25-46(47)67-54(76)43-29-64-50(74)27-44(43)58(60,61)62)42-24-40(19-21-45(42)59)53(75)63-23-13-11-9-8-10-12-14-49(73)68-52(57(4,5)6)56(78)71-32-41(72)26-48(71)55(77)65-28-37-15-17-38(18-16-37)51-36(3)66-33-79-51/h15-22,24-25,27,29,33-35,41,48,52,72H,8-14,23,26,28,30-32H2,1-7H3,(H,63,75)(H,64,74)(H,65,77)(H,67,76)(H,68,73)/t34-,35+,41-,48+,52-/m1/s1. The maximum absolute atomic E-state index is 15.6. The van der Waals surface area contributed by atoms with Crippen LogP contribution in [0.2, 0.25) is 0 Å². The van der Waals surface area contributed by atoms with E-state index in [9.17, 15) is 47.0 Å². The van der Waals surface area contributed by atoms with Crippen molar-refractivity contribution in [3.05, 3.63) is 123 Å². The van der Waals surface area contributed by atoms with Gasteiger partial charge in [0.1, 0.15) is 17.9 Å². The summed E-state index contributed by atoms with van der Waals surface area (Å²) in [5, 5.41) is 21.9. The van der Waals surface area contributed by atoms with E-state index in [1.165, 1.54) is 23.1 Å². The third-order valence-electron chi connectivity index (χ3n) is 14.8.